The lowest BCUT2D eigenvalue weighted by atomic mass is 9.77. The van der Waals surface area contributed by atoms with Crippen LogP contribution in [0.25, 0.3) is 0 Å². The molecule has 0 fully saturated rings. The summed E-state index contributed by atoms with van der Waals surface area (Å²) >= 11 is 0. The van der Waals surface area contributed by atoms with Crippen LogP contribution in [0.1, 0.15) is 61.3 Å². The minimum atomic E-state index is -0.861. The van der Waals surface area contributed by atoms with Crippen LogP contribution < -0.4 is 0 Å². The van der Waals surface area contributed by atoms with Crippen LogP contribution in [0.5, 0.6) is 0 Å². The number of ketones is 1. The first-order valence-electron chi connectivity index (χ1n) is 9.84. The summed E-state index contributed by atoms with van der Waals surface area (Å²) in [6, 6.07) is 0. The Bertz CT molecular complexity index is 477. The Morgan fingerprint density at radius 2 is 1.41 bits per heavy atom. The van der Waals surface area contributed by atoms with Crippen LogP contribution in [0, 0.1) is 29.6 Å². The number of rotatable bonds is 12. The molecule has 0 saturated carbocycles. The summed E-state index contributed by atoms with van der Waals surface area (Å²) in [6.45, 7) is 12.8. The quantitative estimate of drug-likeness (QED) is 0.499. The number of carbonyl (C=O) groups is 2. The summed E-state index contributed by atoms with van der Waals surface area (Å²) in [5.41, 5.74) is -0.631. The molecule has 0 amide bonds. The Kier molecular flexibility index (Phi) is 10.7. The predicted octanol–water partition coefficient (Wildman–Crippen LogP) is 2.84. The van der Waals surface area contributed by atoms with Crippen molar-refractivity contribution in [2.45, 2.75) is 79.1 Å². The summed E-state index contributed by atoms with van der Waals surface area (Å²) in [6.07, 6.45) is -0.568. The van der Waals surface area contributed by atoms with Gasteiger partial charge in [0.15, 0.2) is 0 Å². The molecule has 0 aliphatic heterocycles. The lowest BCUT2D eigenvalue weighted by Gasteiger charge is -2.36. The summed E-state index contributed by atoms with van der Waals surface area (Å²) in [5, 5.41) is 20.7. The summed E-state index contributed by atoms with van der Waals surface area (Å²) < 4.78 is 10.4. The first kappa shape index (κ1) is 26.0. The standard InChI is InChI=1S/C21H40O6/c1-12(2)17(22)15(5)18(23)13(3)10-21(7,27-9)11-14(4)19(24)16(6)20(25)26-8/h12-17,19,22,24H,10-11H2,1-9H3/t13-,14-,15?,16?,17+,19+,21-/m1/s1. The van der Waals surface area contributed by atoms with Gasteiger partial charge in [0.1, 0.15) is 5.78 Å². The van der Waals surface area contributed by atoms with E-state index in [0.29, 0.717) is 12.8 Å². The fourth-order valence-electron chi connectivity index (χ4n) is 3.81. The smallest absolute Gasteiger partial charge is 0.311 e. The molecule has 0 aromatic carbocycles. The van der Waals surface area contributed by atoms with Crippen LogP contribution in [0.2, 0.25) is 0 Å². The number of esters is 1. The van der Waals surface area contributed by atoms with Crippen LogP contribution in [-0.2, 0) is 19.1 Å². The van der Waals surface area contributed by atoms with Crippen molar-refractivity contribution in [1.82, 2.24) is 0 Å². The van der Waals surface area contributed by atoms with E-state index in [1.165, 1.54) is 7.11 Å². The van der Waals surface area contributed by atoms with Crippen LogP contribution in [0.4, 0.5) is 0 Å². The highest BCUT2D eigenvalue weighted by atomic mass is 16.5. The first-order valence-corrected chi connectivity index (χ1v) is 9.84. The highest BCUT2D eigenvalue weighted by Crippen LogP contribution is 2.32. The van der Waals surface area contributed by atoms with Crippen molar-refractivity contribution < 1.29 is 29.3 Å². The molecule has 0 saturated heterocycles. The van der Waals surface area contributed by atoms with Crippen molar-refractivity contribution in [3.05, 3.63) is 0 Å². The van der Waals surface area contributed by atoms with Gasteiger partial charge in [0.2, 0.25) is 0 Å². The van der Waals surface area contributed by atoms with Gasteiger partial charge in [-0.25, -0.2) is 0 Å². The first-order chi connectivity index (χ1) is 12.3. The molecule has 0 bridgehead atoms. The van der Waals surface area contributed by atoms with Gasteiger partial charge in [-0.2, -0.15) is 0 Å². The average molecular weight is 389 g/mol. The third kappa shape index (κ3) is 7.51. The van der Waals surface area contributed by atoms with Crippen LogP contribution in [-0.4, -0.2) is 54.0 Å². The van der Waals surface area contributed by atoms with Gasteiger partial charge in [-0.15, -0.1) is 0 Å². The van der Waals surface area contributed by atoms with Gasteiger partial charge in [-0.05, 0) is 38.5 Å². The fraction of sp³-hybridized carbons (Fsp3) is 0.905. The number of aliphatic hydroxyl groups is 2. The second-order valence-corrected chi connectivity index (χ2v) is 8.67. The van der Waals surface area contributed by atoms with Gasteiger partial charge in [0.25, 0.3) is 0 Å². The van der Waals surface area contributed by atoms with Crippen molar-refractivity contribution in [3.63, 3.8) is 0 Å². The molecule has 0 rings (SSSR count). The highest BCUT2D eigenvalue weighted by molar-refractivity contribution is 5.83. The molecule has 0 aromatic heterocycles. The van der Waals surface area contributed by atoms with Crippen LogP contribution in [0.3, 0.4) is 0 Å². The number of hydrogen-bond donors (Lipinski definition) is 2. The zero-order valence-corrected chi connectivity index (χ0v) is 18.5. The van der Waals surface area contributed by atoms with Crippen LogP contribution in [0.15, 0.2) is 0 Å². The lowest BCUT2D eigenvalue weighted by molar-refractivity contribution is -0.150. The summed E-state index contributed by atoms with van der Waals surface area (Å²) in [7, 11) is 2.89. The predicted molar refractivity (Wildman–Crippen MR) is 105 cm³/mol. The van der Waals surface area contributed by atoms with Gasteiger partial charge >= 0.3 is 5.97 Å². The fourth-order valence-corrected chi connectivity index (χ4v) is 3.81. The van der Waals surface area contributed by atoms with Crippen molar-refractivity contribution in [2.75, 3.05) is 14.2 Å². The van der Waals surface area contributed by atoms with E-state index in [1.54, 1.807) is 21.0 Å². The lowest BCUT2D eigenvalue weighted by Crippen LogP contribution is -2.41. The molecule has 2 unspecified atom stereocenters. The van der Waals surface area contributed by atoms with Gasteiger partial charge in [0.05, 0.1) is 30.8 Å². The highest BCUT2D eigenvalue weighted by Gasteiger charge is 2.37. The SMILES string of the molecule is COC(=O)C(C)[C@@H](O)[C@H](C)C[C@@](C)(C[C@@H](C)C(=O)C(C)[C@@H](O)C(C)C)OC. The molecule has 0 aromatic rings. The Morgan fingerprint density at radius 1 is 0.889 bits per heavy atom. The minimum absolute atomic E-state index is 0.00982. The molecule has 7 atom stereocenters. The van der Waals surface area contributed by atoms with E-state index < -0.39 is 35.6 Å². The monoisotopic (exact) mass is 388 g/mol. The van der Waals surface area contributed by atoms with Crippen molar-refractivity contribution >= 4 is 11.8 Å². The van der Waals surface area contributed by atoms with E-state index in [4.69, 9.17) is 9.47 Å². The normalized spacial score (nSPS) is 20.9. The van der Waals surface area contributed by atoms with Gasteiger partial charge < -0.3 is 19.7 Å². The molecular weight excluding hydrogens is 348 g/mol. The van der Waals surface area contributed by atoms with Crippen molar-refractivity contribution in [3.8, 4) is 0 Å². The molecule has 0 aliphatic rings. The molecule has 27 heavy (non-hydrogen) atoms. The number of carbonyl (C=O) groups excluding carboxylic acids is 2. The number of methoxy groups -OCH3 is 2. The molecule has 160 valence electrons. The second kappa shape index (κ2) is 11.1. The van der Waals surface area contributed by atoms with Gasteiger partial charge in [-0.3, -0.25) is 9.59 Å². The third-order valence-electron chi connectivity index (χ3n) is 5.78. The number of ether oxygens (including phenoxy) is 2. The zero-order chi connectivity index (χ0) is 21.5. The number of aliphatic hydroxyl groups excluding tert-OH is 2. The Morgan fingerprint density at radius 3 is 1.81 bits per heavy atom. The van der Waals surface area contributed by atoms with E-state index in [1.807, 2.05) is 34.6 Å². The zero-order valence-electron chi connectivity index (χ0n) is 18.5. The third-order valence-corrected chi connectivity index (χ3v) is 5.78. The molecule has 0 heterocycles. The van der Waals surface area contributed by atoms with Crippen molar-refractivity contribution in [1.29, 1.82) is 0 Å². The molecule has 0 radical (unpaired) electrons. The molecule has 6 nitrogen and oxygen atoms in total. The number of hydrogen-bond acceptors (Lipinski definition) is 6. The molecule has 0 spiro atoms. The van der Waals surface area contributed by atoms with E-state index in [-0.39, 0.29) is 23.5 Å². The maximum absolute atomic E-state index is 12.7. The Hall–Kier alpha value is -0.980. The second-order valence-electron chi connectivity index (χ2n) is 8.67. The largest absolute Gasteiger partial charge is 0.469 e. The maximum atomic E-state index is 12.7. The Labute approximate surface area is 164 Å². The minimum Gasteiger partial charge on any atom is -0.469 e. The van der Waals surface area contributed by atoms with E-state index >= 15 is 0 Å². The van der Waals surface area contributed by atoms with Gasteiger partial charge in [-0.1, -0.05) is 34.6 Å². The van der Waals surface area contributed by atoms with E-state index in [2.05, 4.69) is 0 Å². The van der Waals surface area contributed by atoms with Crippen LogP contribution >= 0.6 is 0 Å². The Balaban J connectivity index is 5.06. The van der Waals surface area contributed by atoms with E-state index in [0.717, 1.165) is 0 Å². The maximum Gasteiger partial charge on any atom is 0.311 e. The summed E-state index contributed by atoms with van der Waals surface area (Å²) in [4.78, 5) is 24.4. The summed E-state index contributed by atoms with van der Waals surface area (Å²) in [5.74, 6) is -2.01. The molecular formula is C21H40O6. The molecule has 2 N–H and O–H groups in total. The van der Waals surface area contributed by atoms with E-state index in [9.17, 15) is 19.8 Å². The molecule has 0 aliphatic carbocycles. The molecule has 6 heteroatoms. The topological polar surface area (TPSA) is 93.1 Å². The van der Waals surface area contributed by atoms with Gasteiger partial charge in [0, 0.05) is 18.9 Å². The van der Waals surface area contributed by atoms with Crippen molar-refractivity contribution in [2.24, 2.45) is 29.6 Å². The average Bonchev–Trinajstić information content (AvgIpc) is 2.63. The number of Topliss-reactive ketones (excluding diaryl/α,β-unsaturated/α-hetero) is 1.